The molecule has 0 bridgehead atoms. The second-order valence-corrected chi connectivity index (χ2v) is 5.14. The van der Waals surface area contributed by atoms with Crippen LogP contribution < -0.4 is 5.32 Å². The molecule has 1 spiro atoms. The van der Waals surface area contributed by atoms with Gasteiger partial charge in [0.25, 0.3) is 0 Å². The molecule has 1 aliphatic carbocycles. The van der Waals surface area contributed by atoms with E-state index in [1.165, 1.54) is 35.2 Å². The Morgan fingerprint density at radius 3 is 2.59 bits per heavy atom. The van der Waals surface area contributed by atoms with E-state index in [1.54, 1.807) is 0 Å². The lowest BCUT2D eigenvalue weighted by molar-refractivity contribution is 0.563. The molecule has 0 radical (unpaired) electrons. The van der Waals surface area contributed by atoms with E-state index in [9.17, 15) is 0 Å². The second-order valence-electron chi connectivity index (χ2n) is 5.14. The number of nitrogens with one attached hydrogen (secondary N) is 1. The Hall–Kier alpha value is -1.76. The van der Waals surface area contributed by atoms with E-state index in [0.29, 0.717) is 0 Å². The van der Waals surface area contributed by atoms with Crippen molar-refractivity contribution in [2.45, 2.75) is 18.3 Å². The molecule has 1 nitrogen and oxygen atoms in total. The number of rotatable bonds is 0. The zero-order valence-electron chi connectivity index (χ0n) is 9.74. The van der Waals surface area contributed by atoms with Crippen LogP contribution in [-0.2, 0) is 11.8 Å². The predicted molar refractivity (Wildman–Crippen MR) is 70.5 cm³/mol. The molecule has 84 valence electrons. The number of anilines is 1. The summed E-state index contributed by atoms with van der Waals surface area (Å²) in [5, 5.41) is 3.57. The molecule has 2 aromatic carbocycles. The number of para-hydroxylation sites is 1. The van der Waals surface area contributed by atoms with Gasteiger partial charge in [0.2, 0.25) is 0 Å². The van der Waals surface area contributed by atoms with E-state index in [2.05, 4.69) is 53.8 Å². The number of hydrogen-bond donors (Lipinski definition) is 1. The number of fused-ring (bicyclic) bond motifs is 4. The summed E-state index contributed by atoms with van der Waals surface area (Å²) in [6.07, 6.45) is 2.46. The Morgan fingerprint density at radius 2 is 1.65 bits per heavy atom. The summed E-state index contributed by atoms with van der Waals surface area (Å²) in [5.74, 6) is 0. The fourth-order valence-corrected chi connectivity index (χ4v) is 3.55. The average Bonchev–Trinajstić information content (AvgIpc) is 2.95. The molecule has 1 atom stereocenters. The minimum Gasteiger partial charge on any atom is -0.384 e. The number of hydrogen-bond acceptors (Lipinski definition) is 1. The number of aryl methyl sites for hydroxylation is 1. The molecule has 1 aliphatic heterocycles. The highest BCUT2D eigenvalue weighted by Crippen LogP contribution is 2.49. The van der Waals surface area contributed by atoms with Crippen molar-refractivity contribution in [1.82, 2.24) is 0 Å². The zero-order chi connectivity index (χ0) is 11.3. The van der Waals surface area contributed by atoms with Crippen molar-refractivity contribution in [3.8, 4) is 0 Å². The predicted octanol–water partition coefficient (Wildman–Crippen LogP) is 3.34. The Balaban J connectivity index is 1.97. The van der Waals surface area contributed by atoms with Gasteiger partial charge >= 0.3 is 0 Å². The van der Waals surface area contributed by atoms with Gasteiger partial charge < -0.3 is 5.32 Å². The lowest BCUT2D eigenvalue weighted by Crippen LogP contribution is -2.26. The van der Waals surface area contributed by atoms with E-state index < -0.39 is 0 Å². The van der Waals surface area contributed by atoms with Gasteiger partial charge in [-0.2, -0.15) is 0 Å². The van der Waals surface area contributed by atoms with Crippen molar-refractivity contribution in [3.05, 3.63) is 65.2 Å². The maximum atomic E-state index is 3.57. The third-order valence-electron chi connectivity index (χ3n) is 4.38. The van der Waals surface area contributed by atoms with E-state index in [1.807, 2.05) is 0 Å². The molecular weight excluding hydrogens is 206 g/mol. The molecule has 4 rings (SSSR count). The lowest BCUT2D eigenvalue weighted by atomic mass is 9.77. The molecule has 1 N–H and O–H groups in total. The highest BCUT2D eigenvalue weighted by atomic mass is 14.9. The zero-order valence-corrected chi connectivity index (χ0v) is 9.74. The summed E-state index contributed by atoms with van der Waals surface area (Å²) in [5.41, 5.74) is 6.13. The summed E-state index contributed by atoms with van der Waals surface area (Å²) in [6.45, 7) is 1.06. The molecular formula is C16H15N. The van der Waals surface area contributed by atoms with Crippen LogP contribution in [0.2, 0.25) is 0 Å². The molecule has 1 unspecified atom stereocenters. The van der Waals surface area contributed by atoms with Crippen LogP contribution in [-0.4, -0.2) is 6.54 Å². The molecule has 1 heterocycles. The molecule has 2 aromatic rings. The SMILES string of the molecule is c1ccc2c(c1)CCC21CNc2ccccc21. The number of benzene rings is 2. The summed E-state index contributed by atoms with van der Waals surface area (Å²) < 4.78 is 0. The minimum atomic E-state index is 0.243. The van der Waals surface area contributed by atoms with Crippen molar-refractivity contribution in [1.29, 1.82) is 0 Å². The Kier molecular flexibility index (Phi) is 1.71. The molecule has 17 heavy (non-hydrogen) atoms. The monoisotopic (exact) mass is 221 g/mol. The molecule has 0 amide bonds. The van der Waals surface area contributed by atoms with Crippen molar-refractivity contribution < 1.29 is 0 Å². The van der Waals surface area contributed by atoms with E-state index >= 15 is 0 Å². The van der Waals surface area contributed by atoms with E-state index in [-0.39, 0.29) is 5.41 Å². The normalized spacial score (nSPS) is 24.5. The molecule has 0 saturated heterocycles. The highest BCUT2D eigenvalue weighted by molar-refractivity contribution is 5.66. The molecule has 0 fully saturated rings. The fraction of sp³-hybridized carbons (Fsp3) is 0.250. The van der Waals surface area contributed by atoms with Crippen LogP contribution in [0, 0.1) is 0 Å². The quantitative estimate of drug-likeness (QED) is 0.719. The van der Waals surface area contributed by atoms with Gasteiger partial charge in [0.15, 0.2) is 0 Å². The van der Waals surface area contributed by atoms with Gasteiger partial charge in [-0.1, -0.05) is 42.5 Å². The summed E-state index contributed by atoms with van der Waals surface area (Å²) in [4.78, 5) is 0. The molecule has 1 heteroatoms. The van der Waals surface area contributed by atoms with Gasteiger partial charge in [-0.15, -0.1) is 0 Å². The molecule has 0 aromatic heterocycles. The molecule has 0 saturated carbocycles. The fourth-order valence-electron chi connectivity index (χ4n) is 3.55. The van der Waals surface area contributed by atoms with Crippen LogP contribution in [0.1, 0.15) is 23.1 Å². The first-order chi connectivity index (χ1) is 8.40. The van der Waals surface area contributed by atoms with Gasteiger partial charge in [-0.3, -0.25) is 0 Å². The Labute approximate surface area is 101 Å². The van der Waals surface area contributed by atoms with E-state index in [4.69, 9.17) is 0 Å². The van der Waals surface area contributed by atoms with Crippen LogP contribution in [0.4, 0.5) is 5.69 Å². The largest absolute Gasteiger partial charge is 0.384 e. The summed E-state index contributed by atoms with van der Waals surface area (Å²) in [7, 11) is 0. The van der Waals surface area contributed by atoms with Gasteiger partial charge in [0, 0.05) is 17.6 Å². The molecule has 2 aliphatic rings. The van der Waals surface area contributed by atoms with Crippen LogP contribution in [0.5, 0.6) is 0 Å². The van der Waals surface area contributed by atoms with Crippen LogP contribution in [0.25, 0.3) is 0 Å². The first-order valence-corrected chi connectivity index (χ1v) is 6.32. The van der Waals surface area contributed by atoms with Gasteiger partial charge in [-0.05, 0) is 35.6 Å². The standard InChI is InChI=1S/C16H15N/c1-2-6-13-12(5-1)9-10-16(13)11-17-15-8-4-3-7-14(15)16/h1-8,17H,9-11H2. The Bertz CT molecular complexity index is 532. The van der Waals surface area contributed by atoms with Crippen molar-refractivity contribution in [2.24, 2.45) is 0 Å². The summed E-state index contributed by atoms with van der Waals surface area (Å²) >= 11 is 0. The second kappa shape index (κ2) is 3.13. The topological polar surface area (TPSA) is 12.0 Å². The maximum Gasteiger partial charge on any atom is 0.0401 e. The van der Waals surface area contributed by atoms with Crippen molar-refractivity contribution in [2.75, 3.05) is 11.9 Å². The smallest absolute Gasteiger partial charge is 0.0401 e. The third kappa shape index (κ3) is 1.09. The van der Waals surface area contributed by atoms with Gasteiger partial charge in [0.1, 0.15) is 0 Å². The van der Waals surface area contributed by atoms with Gasteiger partial charge in [-0.25, -0.2) is 0 Å². The average molecular weight is 221 g/mol. The summed E-state index contributed by atoms with van der Waals surface area (Å²) in [6, 6.07) is 17.7. The maximum absolute atomic E-state index is 3.57. The van der Waals surface area contributed by atoms with Gasteiger partial charge in [0.05, 0.1) is 0 Å². The lowest BCUT2D eigenvalue weighted by Gasteiger charge is -2.25. The third-order valence-corrected chi connectivity index (χ3v) is 4.38. The Morgan fingerprint density at radius 1 is 0.882 bits per heavy atom. The first kappa shape index (κ1) is 9.29. The van der Waals surface area contributed by atoms with Crippen LogP contribution in [0.3, 0.4) is 0 Å². The van der Waals surface area contributed by atoms with Crippen molar-refractivity contribution >= 4 is 5.69 Å². The van der Waals surface area contributed by atoms with E-state index in [0.717, 1.165) is 6.54 Å². The first-order valence-electron chi connectivity index (χ1n) is 6.32. The highest BCUT2D eigenvalue weighted by Gasteiger charge is 2.44. The minimum absolute atomic E-state index is 0.243. The van der Waals surface area contributed by atoms with Crippen LogP contribution >= 0.6 is 0 Å². The van der Waals surface area contributed by atoms with Crippen molar-refractivity contribution in [3.63, 3.8) is 0 Å². The van der Waals surface area contributed by atoms with Crippen LogP contribution in [0.15, 0.2) is 48.5 Å².